The van der Waals surface area contributed by atoms with Gasteiger partial charge in [-0.25, -0.2) is 9.97 Å². The Morgan fingerprint density at radius 1 is 1.00 bits per heavy atom. The number of carbonyl (C=O) groups is 1. The maximum atomic E-state index is 10.7. The molecule has 74 valence electrons. The van der Waals surface area contributed by atoms with Crippen molar-refractivity contribution in [2.75, 3.05) is 0 Å². The predicted molar refractivity (Wildman–Crippen MR) is 57.7 cm³/mol. The summed E-state index contributed by atoms with van der Waals surface area (Å²) in [6, 6.07) is 9.68. The van der Waals surface area contributed by atoms with Gasteiger partial charge in [0.1, 0.15) is 0 Å². The van der Waals surface area contributed by atoms with Crippen LogP contribution in [0, 0.1) is 0 Å². The smallest absolute Gasteiger partial charge is 0.272 e. The van der Waals surface area contributed by atoms with Crippen LogP contribution in [0.4, 0.5) is 0 Å². The van der Waals surface area contributed by atoms with Crippen LogP contribution in [0.3, 0.4) is 0 Å². The quantitative estimate of drug-likeness (QED) is 0.728. The SMILES string of the molecule is O=C(Cl)c1ncc(-c2ccccc2)cn1. The van der Waals surface area contributed by atoms with E-state index in [0.717, 1.165) is 11.1 Å². The van der Waals surface area contributed by atoms with Crippen LogP contribution < -0.4 is 0 Å². The van der Waals surface area contributed by atoms with Gasteiger partial charge in [-0.3, -0.25) is 4.79 Å². The zero-order valence-corrected chi connectivity index (χ0v) is 8.48. The van der Waals surface area contributed by atoms with Crippen LogP contribution in [0.5, 0.6) is 0 Å². The first-order valence-corrected chi connectivity index (χ1v) is 4.72. The molecule has 0 saturated carbocycles. The molecule has 0 N–H and O–H groups in total. The molecule has 0 atom stereocenters. The molecular weight excluding hydrogens is 212 g/mol. The zero-order valence-electron chi connectivity index (χ0n) is 7.72. The van der Waals surface area contributed by atoms with E-state index in [-0.39, 0.29) is 5.82 Å². The van der Waals surface area contributed by atoms with Crippen molar-refractivity contribution in [3.05, 3.63) is 48.5 Å². The van der Waals surface area contributed by atoms with Gasteiger partial charge in [-0.05, 0) is 17.2 Å². The largest absolute Gasteiger partial charge is 0.289 e. The van der Waals surface area contributed by atoms with E-state index < -0.39 is 5.24 Å². The number of hydrogen-bond donors (Lipinski definition) is 0. The van der Waals surface area contributed by atoms with Crippen LogP contribution in [0.1, 0.15) is 10.6 Å². The van der Waals surface area contributed by atoms with Gasteiger partial charge in [-0.1, -0.05) is 30.3 Å². The highest BCUT2D eigenvalue weighted by Crippen LogP contribution is 2.16. The lowest BCUT2D eigenvalue weighted by Gasteiger charge is -1.99. The van der Waals surface area contributed by atoms with Crippen molar-refractivity contribution in [1.82, 2.24) is 9.97 Å². The average Bonchev–Trinajstić information content (AvgIpc) is 2.30. The summed E-state index contributed by atoms with van der Waals surface area (Å²) in [5, 5.41) is -0.644. The Hall–Kier alpha value is -1.74. The van der Waals surface area contributed by atoms with Gasteiger partial charge < -0.3 is 0 Å². The fourth-order valence-corrected chi connectivity index (χ4v) is 1.31. The summed E-state index contributed by atoms with van der Waals surface area (Å²) in [6.45, 7) is 0. The van der Waals surface area contributed by atoms with Crippen LogP contribution in [-0.4, -0.2) is 15.2 Å². The molecule has 0 aliphatic carbocycles. The second kappa shape index (κ2) is 4.19. The number of benzene rings is 1. The first kappa shape index (κ1) is 9.80. The van der Waals surface area contributed by atoms with Crippen molar-refractivity contribution < 1.29 is 4.79 Å². The van der Waals surface area contributed by atoms with E-state index in [2.05, 4.69) is 9.97 Å². The van der Waals surface area contributed by atoms with Crippen LogP contribution >= 0.6 is 11.6 Å². The Labute approximate surface area is 91.8 Å². The van der Waals surface area contributed by atoms with Crippen molar-refractivity contribution in [3.8, 4) is 11.1 Å². The highest BCUT2D eigenvalue weighted by molar-refractivity contribution is 6.67. The third-order valence-electron chi connectivity index (χ3n) is 1.93. The zero-order chi connectivity index (χ0) is 10.7. The molecule has 0 bridgehead atoms. The van der Waals surface area contributed by atoms with Gasteiger partial charge in [0, 0.05) is 18.0 Å². The molecule has 3 nitrogen and oxygen atoms in total. The first-order chi connectivity index (χ1) is 7.27. The maximum absolute atomic E-state index is 10.7. The van der Waals surface area contributed by atoms with E-state index in [0.29, 0.717) is 0 Å². The predicted octanol–water partition coefficient (Wildman–Crippen LogP) is 2.52. The monoisotopic (exact) mass is 218 g/mol. The number of nitrogens with zero attached hydrogens (tertiary/aromatic N) is 2. The van der Waals surface area contributed by atoms with Gasteiger partial charge in [0.25, 0.3) is 5.24 Å². The summed E-state index contributed by atoms with van der Waals surface area (Å²) in [5.74, 6) is 0.0244. The van der Waals surface area contributed by atoms with Gasteiger partial charge in [0.15, 0.2) is 0 Å². The lowest BCUT2D eigenvalue weighted by atomic mass is 10.1. The molecule has 0 fully saturated rings. The van der Waals surface area contributed by atoms with E-state index in [9.17, 15) is 4.79 Å². The molecule has 0 amide bonds. The Morgan fingerprint density at radius 3 is 2.13 bits per heavy atom. The summed E-state index contributed by atoms with van der Waals surface area (Å²) in [7, 11) is 0. The molecule has 0 spiro atoms. The van der Waals surface area contributed by atoms with E-state index in [4.69, 9.17) is 11.6 Å². The minimum atomic E-state index is -0.644. The Bertz CT molecular complexity index is 468. The molecule has 4 heteroatoms. The van der Waals surface area contributed by atoms with Crippen LogP contribution in [0.25, 0.3) is 11.1 Å². The Balaban J connectivity index is 2.36. The molecule has 1 aromatic carbocycles. The fourth-order valence-electron chi connectivity index (χ4n) is 1.21. The van der Waals surface area contributed by atoms with Gasteiger partial charge >= 0.3 is 0 Å². The second-order valence-corrected chi connectivity index (χ2v) is 3.28. The first-order valence-electron chi connectivity index (χ1n) is 4.34. The highest BCUT2D eigenvalue weighted by atomic mass is 35.5. The van der Waals surface area contributed by atoms with Crippen LogP contribution in [0.2, 0.25) is 0 Å². The normalized spacial score (nSPS) is 9.93. The molecule has 0 radical (unpaired) electrons. The van der Waals surface area contributed by atoms with E-state index in [1.54, 1.807) is 12.4 Å². The molecule has 1 aromatic heterocycles. The average molecular weight is 219 g/mol. The number of rotatable bonds is 2. The summed E-state index contributed by atoms with van der Waals surface area (Å²) in [6.07, 6.45) is 3.16. The molecule has 2 rings (SSSR count). The van der Waals surface area contributed by atoms with E-state index in [1.807, 2.05) is 30.3 Å². The Kier molecular flexibility index (Phi) is 2.74. The van der Waals surface area contributed by atoms with Gasteiger partial charge in [0.2, 0.25) is 5.82 Å². The van der Waals surface area contributed by atoms with Gasteiger partial charge in [-0.2, -0.15) is 0 Å². The number of aromatic nitrogens is 2. The molecule has 2 aromatic rings. The van der Waals surface area contributed by atoms with Gasteiger partial charge in [-0.15, -0.1) is 0 Å². The lowest BCUT2D eigenvalue weighted by molar-refractivity contribution is 0.107. The van der Waals surface area contributed by atoms with E-state index >= 15 is 0 Å². The summed E-state index contributed by atoms with van der Waals surface area (Å²) < 4.78 is 0. The number of hydrogen-bond acceptors (Lipinski definition) is 3. The molecule has 1 heterocycles. The van der Waals surface area contributed by atoms with Crippen molar-refractivity contribution >= 4 is 16.8 Å². The molecule has 0 aliphatic heterocycles. The molecule has 0 unspecified atom stereocenters. The highest BCUT2D eigenvalue weighted by Gasteiger charge is 2.05. The Morgan fingerprint density at radius 2 is 1.60 bits per heavy atom. The molecule has 0 aliphatic rings. The van der Waals surface area contributed by atoms with Crippen molar-refractivity contribution in [3.63, 3.8) is 0 Å². The molecule has 0 saturated heterocycles. The fraction of sp³-hybridized carbons (Fsp3) is 0. The van der Waals surface area contributed by atoms with Crippen LogP contribution in [-0.2, 0) is 0 Å². The lowest BCUT2D eigenvalue weighted by Crippen LogP contribution is -1.97. The van der Waals surface area contributed by atoms with Gasteiger partial charge in [0.05, 0.1) is 0 Å². The third kappa shape index (κ3) is 2.19. The second-order valence-electron chi connectivity index (χ2n) is 2.94. The summed E-state index contributed by atoms with van der Waals surface area (Å²) in [5.41, 5.74) is 1.86. The van der Waals surface area contributed by atoms with Crippen LogP contribution in [0.15, 0.2) is 42.7 Å². The van der Waals surface area contributed by atoms with Crippen molar-refractivity contribution in [2.45, 2.75) is 0 Å². The minimum absolute atomic E-state index is 0.0244. The molecular formula is C11H7ClN2O. The number of halogens is 1. The topological polar surface area (TPSA) is 42.9 Å². The third-order valence-corrected chi connectivity index (χ3v) is 2.10. The van der Waals surface area contributed by atoms with Crippen molar-refractivity contribution in [1.29, 1.82) is 0 Å². The summed E-state index contributed by atoms with van der Waals surface area (Å²) >= 11 is 5.24. The standard InChI is InChI=1S/C11H7ClN2O/c12-10(15)11-13-6-9(7-14-11)8-4-2-1-3-5-8/h1-7H. The number of carbonyl (C=O) groups excluding carboxylic acids is 1. The molecule has 15 heavy (non-hydrogen) atoms. The van der Waals surface area contributed by atoms with Crippen molar-refractivity contribution in [2.24, 2.45) is 0 Å². The van der Waals surface area contributed by atoms with E-state index in [1.165, 1.54) is 0 Å². The maximum Gasteiger partial charge on any atom is 0.289 e. The minimum Gasteiger partial charge on any atom is -0.272 e. The summed E-state index contributed by atoms with van der Waals surface area (Å²) in [4.78, 5) is 18.5.